The number of aryl methyl sites for hydroxylation is 1. The van der Waals surface area contributed by atoms with E-state index in [1.807, 2.05) is 0 Å². The van der Waals surface area contributed by atoms with Crippen LogP contribution in [0.3, 0.4) is 0 Å². The number of rotatable bonds is 7. The number of benzene rings is 2. The van der Waals surface area contributed by atoms with Crippen molar-refractivity contribution in [2.45, 2.75) is 13.3 Å². The van der Waals surface area contributed by atoms with Crippen LogP contribution in [0.15, 0.2) is 47.5 Å². The molecule has 27 heavy (non-hydrogen) atoms. The van der Waals surface area contributed by atoms with Crippen LogP contribution in [0.2, 0.25) is 0 Å². The fourth-order valence-corrected chi connectivity index (χ4v) is 2.43. The van der Waals surface area contributed by atoms with Crippen molar-refractivity contribution in [2.24, 2.45) is 4.99 Å². The van der Waals surface area contributed by atoms with Crippen molar-refractivity contribution in [3.05, 3.63) is 70.8 Å². The molecule has 0 heterocycles. The quantitative estimate of drug-likeness (QED) is 0.396. The first kappa shape index (κ1) is 20.4. The van der Waals surface area contributed by atoms with Crippen molar-refractivity contribution < 1.29 is 13.6 Å². The van der Waals surface area contributed by atoms with E-state index in [9.17, 15) is 13.6 Å². The van der Waals surface area contributed by atoms with Crippen LogP contribution in [0.4, 0.5) is 8.78 Å². The number of carbonyl (C=O) groups excluding carboxylic acids is 1. The summed E-state index contributed by atoms with van der Waals surface area (Å²) in [5.74, 6) is -0.405. The van der Waals surface area contributed by atoms with Crippen molar-refractivity contribution >= 4 is 11.9 Å². The Kier molecular flexibility index (Phi) is 7.73. The van der Waals surface area contributed by atoms with Crippen molar-refractivity contribution in [1.29, 1.82) is 0 Å². The molecule has 0 aliphatic heterocycles. The molecule has 0 aromatic heterocycles. The summed E-state index contributed by atoms with van der Waals surface area (Å²) in [6.45, 7) is 2.96. The van der Waals surface area contributed by atoms with E-state index in [0.29, 0.717) is 43.1 Å². The van der Waals surface area contributed by atoms with Gasteiger partial charge in [-0.3, -0.25) is 9.79 Å². The molecule has 144 valence electrons. The number of nitrogens with one attached hydrogen (secondary N) is 3. The number of halogens is 2. The van der Waals surface area contributed by atoms with Gasteiger partial charge in [0, 0.05) is 32.2 Å². The molecule has 0 atom stereocenters. The molecule has 0 aliphatic rings. The third-order valence-electron chi connectivity index (χ3n) is 4.01. The number of guanidine groups is 1. The minimum atomic E-state index is -0.403. The average molecular weight is 374 g/mol. The largest absolute Gasteiger partial charge is 0.356 e. The minimum absolute atomic E-state index is 0.225. The second kappa shape index (κ2) is 10.3. The van der Waals surface area contributed by atoms with E-state index in [0.717, 1.165) is 0 Å². The molecule has 7 heteroatoms. The molecule has 2 aromatic carbocycles. The molecular weight excluding hydrogens is 350 g/mol. The Balaban J connectivity index is 1.69. The van der Waals surface area contributed by atoms with Gasteiger partial charge in [0.25, 0.3) is 5.91 Å². The normalized spacial score (nSPS) is 11.2. The van der Waals surface area contributed by atoms with Crippen LogP contribution < -0.4 is 16.0 Å². The maximum atomic E-state index is 13.6. The lowest BCUT2D eigenvalue weighted by Crippen LogP contribution is -2.42. The maximum Gasteiger partial charge on any atom is 0.251 e. The summed E-state index contributed by atoms with van der Waals surface area (Å²) in [4.78, 5) is 16.1. The summed E-state index contributed by atoms with van der Waals surface area (Å²) >= 11 is 0. The fourth-order valence-electron chi connectivity index (χ4n) is 2.43. The van der Waals surface area contributed by atoms with Crippen molar-refractivity contribution in [3.8, 4) is 0 Å². The molecule has 2 aromatic rings. The number of hydrogen-bond donors (Lipinski definition) is 3. The lowest BCUT2D eigenvalue weighted by Gasteiger charge is -2.12. The molecule has 3 N–H and O–H groups in total. The van der Waals surface area contributed by atoms with E-state index >= 15 is 0 Å². The van der Waals surface area contributed by atoms with E-state index in [1.165, 1.54) is 12.1 Å². The van der Waals surface area contributed by atoms with Crippen LogP contribution in [0, 0.1) is 18.6 Å². The van der Waals surface area contributed by atoms with Crippen molar-refractivity contribution in [3.63, 3.8) is 0 Å². The lowest BCUT2D eigenvalue weighted by molar-refractivity contribution is 0.0954. The van der Waals surface area contributed by atoms with E-state index < -0.39 is 5.82 Å². The topological polar surface area (TPSA) is 65.5 Å². The van der Waals surface area contributed by atoms with Gasteiger partial charge in [-0.25, -0.2) is 8.78 Å². The first-order chi connectivity index (χ1) is 13.0. The maximum absolute atomic E-state index is 13.6. The van der Waals surface area contributed by atoms with Gasteiger partial charge in [0.05, 0.1) is 0 Å². The molecule has 0 fully saturated rings. The molecule has 0 saturated heterocycles. The minimum Gasteiger partial charge on any atom is -0.356 e. The van der Waals surface area contributed by atoms with Crippen LogP contribution in [0.25, 0.3) is 0 Å². The Hall–Kier alpha value is -2.96. The van der Waals surface area contributed by atoms with Crippen LogP contribution >= 0.6 is 0 Å². The molecule has 0 radical (unpaired) electrons. The molecule has 5 nitrogen and oxygen atoms in total. The van der Waals surface area contributed by atoms with Gasteiger partial charge in [0.1, 0.15) is 11.6 Å². The van der Waals surface area contributed by atoms with Crippen molar-refractivity contribution in [2.75, 3.05) is 26.7 Å². The standard InChI is InChI=1S/C20H24F2N4O/c1-14-7-8-16(13-18(14)22)19(27)24-11-12-26-20(23-2)25-10-9-15-5-3-4-6-17(15)21/h3-8,13H,9-12H2,1-2H3,(H,24,27)(H2,23,25,26). The first-order valence-corrected chi connectivity index (χ1v) is 8.73. The zero-order chi connectivity index (χ0) is 19.6. The van der Waals surface area contributed by atoms with Gasteiger partial charge in [-0.15, -0.1) is 0 Å². The molecule has 0 unspecified atom stereocenters. The lowest BCUT2D eigenvalue weighted by atomic mass is 10.1. The molecule has 1 amide bonds. The summed E-state index contributed by atoms with van der Waals surface area (Å²) < 4.78 is 27.1. The smallest absolute Gasteiger partial charge is 0.251 e. The van der Waals surface area contributed by atoms with Gasteiger partial charge in [0.15, 0.2) is 5.96 Å². The summed E-state index contributed by atoms with van der Waals surface area (Å²) in [5, 5.41) is 8.86. The average Bonchev–Trinajstić information content (AvgIpc) is 2.67. The van der Waals surface area contributed by atoms with E-state index in [4.69, 9.17) is 0 Å². The predicted molar refractivity (Wildman–Crippen MR) is 103 cm³/mol. The fraction of sp³-hybridized carbons (Fsp3) is 0.300. The molecule has 0 saturated carbocycles. The van der Waals surface area contributed by atoms with Gasteiger partial charge < -0.3 is 16.0 Å². The van der Waals surface area contributed by atoms with Gasteiger partial charge in [-0.05, 0) is 42.7 Å². The molecule has 0 bridgehead atoms. The van der Waals surface area contributed by atoms with Gasteiger partial charge in [0.2, 0.25) is 0 Å². The molecule has 2 rings (SSSR count). The van der Waals surface area contributed by atoms with Crippen LogP contribution in [0.1, 0.15) is 21.5 Å². The second-order valence-corrected chi connectivity index (χ2v) is 5.99. The Bertz CT molecular complexity index is 808. The van der Waals surface area contributed by atoms with Crippen LogP contribution in [-0.2, 0) is 6.42 Å². The Labute approximate surface area is 157 Å². The number of aliphatic imine (C=N–C) groups is 1. The van der Waals surface area contributed by atoms with Gasteiger partial charge >= 0.3 is 0 Å². The number of nitrogens with zero attached hydrogens (tertiary/aromatic N) is 1. The van der Waals surface area contributed by atoms with Crippen molar-refractivity contribution in [1.82, 2.24) is 16.0 Å². The molecule has 0 aliphatic carbocycles. The Morgan fingerprint density at radius 2 is 1.67 bits per heavy atom. The van der Waals surface area contributed by atoms with E-state index in [-0.39, 0.29) is 17.3 Å². The summed E-state index contributed by atoms with van der Waals surface area (Å²) in [7, 11) is 1.63. The molecular formula is C20H24F2N4O. The Morgan fingerprint density at radius 1 is 0.963 bits per heavy atom. The number of hydrogen-bond acceptors (Lipinski definition) is 2. The molecule has 0 spiro atoms. The van der Waals surface area contributed by atoms with E-state index in [2.05, 4.69) is 20.9 Å². The highest BCUT2D eigenvalue weighted by Crippen LogP contribution is 2.09. The summed E-state index contributed by atoms with van der Waals surface area (Å²) in [6, 6.07) is 11.0. The first-order valence-electron chi connectivity index (χ1n) is 8.73. The monoisotopic (exact) mass is 374 g/mol. The highest BCUT2D eigenvalue weighted by molar-refractivity contribution is 5.94. The van der Waals surface area contributed by atoms with Crippen LogP contribution in [-0.4, -0.2) is 38.5 Å². The Morgan fingerprint density at radius 3 is 2.37 bits per heavy atom. The summed E-state index contributed by atoms with van der Waals surface area (Å²) in [6.07, 6.45) is 0.531. The zero-order valence-corrected chi connectivity index (χ0v) is 15.5. The van der Waals surface area contributed by atoms with Crippen LogP contribution in [0.5, 0.6) is 0 Å². The second-order valence-electron chi connectivity index (χ2n) is 5.99. The number of carbonyl (C=O) groups is 1. The predicted octanol–water partition coefficient (Wildman–Crippen LogP) is 2.41. The van der Waals surface area contributed by atoms with Gasteiger partial charge in [-0.1, -0.05) is 24.3 Å². The number of amides is 1. The highest BCUT2D eigenvalue weighted by atomic mass is 19.1. The third-order valence-corrected chi connectivity index (χ3v) is 4.01. The SMILES string of the molecule is CN=C(NCCNC(=O)c1ccc(C)c(F)c1)NCCc1ccccc1F. The summed E-state index contributed by atoms with van der Waals surface area (Å²) in [5.41, 5.74) is 1.42. The zero-order valence-electron chi connectivity index (χ0n) is 15.5. The third kappa shape index (κ3) is 6.36. The van der Waals surface area contributed by atoms with E-state index in [1.54, 1.807) is 44.3 Å². The highest BCUT2D eigenvalue weighted by Gasteiger charge is 2.07. The van der Waals surface area contributed by atoms with Gasteiger partial charge in [-0.2, -0.15) is 0 Å².